The molecule has 0 aliphatic carbocycles. The van der Waals surface area contributed by atoms with Crippen molar-refractivity contribution in [3.05, 3.63) is 51.0 Å². The molecule has 1 heterocycles. The lowest BCUT2D eigenvalue weighted by molar-refractivity contribution is 0.798. The van der Waals surface area contributed by atoms with Crippen LogP contribution < -0.4 is 10.6 Å². The number of guanidine groups is 1. The van der Waals surface area contributed by atoms with Crippen molar-refractivity contribution in [2.75, 3.05) is 13.1 Å². The van der Waals surface area contributed by atoms with Crippen molar-refractivity contribution in [1.29, 1.82) is 0 Å². The maximum atomic E-state index is 4.63. The average molecular weight is 458 g/mol. The van der Waals surface area contributed by atoms with E-state index in [1.54, 1.807) is 11.3 Å². The summed E-state index contributed by atoms with van der Waals surface area (Å²) in [5.41, 5.74) is 3.74. The van der Waals surface area contributed by atoms with Crippen LogP contribution in [0.3, 0.4) is 0 Å². The summed E-state index contributed by atoms with van der Waals surface area (Å²) in [5.74, 6) is 0.852. The van der Waals surface area contributed by atoms with E-state index in [1.807, 2.05) is 6.92 Å². The molecule has 0 saturated heterocycles. The Kier molecular flexibility index (Phi) is 9.28. The van der Waals surface area contributed by atoms with Crippen LogP contribution in [0.2, 0.25) is 0 Å². The van der Waals surface area contributed by atoms with Gasteiger partial charge < -0.3 is 10.6 Å². The van der Waals surface area contributed by atoms with Gasteiger partial charge >= 0.3 is 0 Å². The first-order chi connectivity index (χ1) is 11.1. The number of nitrogens with one attached hydrogen (secondary N) is 2. The third kappa shape index (κ3) is 6.76. The molecule has 0 amide bonds. The molecule has 0 unspecified atom stereocenters. The van der Waals surface area contributed by atoms with E-state index in [2.05, 4.69) is 65.6 Å². The lowest BCUT2D eigenvalue weighted by Gasteiger charge is -2.11. The highest BCUT2D eigenvalue weighted by molar-refractivity contribution is 14.0. The highest BCUT2D eigenvalue weighted by Gasteiger charge is 2.04. The number of rotatable bonds is 6. The van der Waals surface area contributed by atoms with E-state index in [-0.39, 0.29) is 24.0 Å². The summed E-state index contributed by atoms with van der Waals surface area (Å²) >= 11 is 1.72. The van der Waals surface area contributed by atoms with Crippen LogP contribution in [0.15, 0.2) is 29.3 Å². The molecule has 24 heavy (non-hydrogen) atoms. The number of hydrogen-bond acceptors (Lipinski definition) is 3. The fourth-order valence-electron chi connectivity index (χ4n) is 2.18. The van der Waals surface area contributed by atoms with Crippen LogP contribution in [0.1, 0.15) is 33.6 Å². The van der Waals surface area contributed by atoms with E-state index in [4.69, 9.17) is 0 Å². The summed E-state index contributed by atoms with van der Waals surface area (Å²) in [6.07, 6.45) is 0.986. The lowest BCUT2D eigenvalue weighted by Crippen LogP contribution is -2.38. The van der Waals surface area contributed by atoms with Crippen LogP contribution in [0.5, 0.6) is 0 Å². The number of aryl methyl sites for hydroxylation is 3. The van der Waals surface area contributed by atoms with Gasteiger partial charge in [0.1, 0.15) is 5.01 Å². The molecular formula is C18H27IN4S. The Balaban J connectivity index is 0.00000288. The van der Waals surface area contributed by atoms with Gasteiger partial charge in [-0.3, -0.25) is 0 Å². The Hall–Kier alpha value is -1.15. The van der Waals surface area contributed by atoms with Crippen molar-refractivity contribution in [2.45, 2.75) is 40.7 Å². The Morgan fingerprint density at radius 3 is 2.42 bits per heavy atom. The standard InChI is InChI=1S/C18H26N4S.HI/c1-5-19-18(21-12-17-22-14(3)15(4)23-17)20-11-10-16-8-6-13(2)7-9-16;/h6-9H,5,10-12H2,1-4H3,(H2,19,20,21);1H. The largest absolute Gasteiger partial charge is 0.357 e. The molecule has 132 valence electrons. The zero-order chi connectivity index (χ0) is 16.7. The topological polar surface area (TPSA) is 49.3 Å². The predicted molar refractivity (Wildman–Crippen MR) is 115 cm³/mol. The summed E-state index contributed by atoms with van der Waals surface area (Å²) in [6.45, 7) is 10.7. The van der Waals surface area contributed by atoms with Crippen molar-refractivity contribution in [3.63, 3.8) is 0 Å². The zero-order valence-electron chi connectivity index (χ0n) is 14.8. The number of hydrogen-bond donors (Lipinski definition) is 2. The molecule has 2 aromatic rings. The maximum absolute atomic E-state index is 4.63. The van der Waals surface area contributed by atoms with Gasteiger partial charge in [-0.15, -0.1) is 35.3 Å². The lowest BCUT2D eigenvalue weighted by atomic mass is 10.1. The minimum absolute atomic E-state index is 0. The van der Waals surface area contributed by atoms with Crippen LogP contribution in [0.25, 0.3) is 0 Å². The van der Waals surface area contributed by atoms with E-state index in [0.29, 0.717) is 6.54 Å². The first-order valence-electron chi connectivity index (χ1n) is 8.09. The molecule has 0 bridgehead atoms. The highest BCUT2D eigenvalue weighted by atomic mass is 127. The van der Waals surface area contributed by atoms with E-state index in [9.17, 15) is 0 Å². The molecule has 0 aliphatic rings. The smallest absolute Gasteiger partial charge is 0.191 e. The quantitative estimate of drug-likeness (QED) is 0.391. The van der Waals surface area contributed by atoms with Gasteiger partial charge in [0.15, 0.2) is 5.96 Å². The summed E-state index contributed by atoms with van der Waals surface area (Å²) in [7, 11) is 0. The van der Waals surface area contributed by atoms with Crippen molar-refractivity contribution in [1.82, 2.24) is 15.6 Å². The average Bonchev–Trinajstić information content (AvgIpc) is 2.85. The summed E-state index contributed by atoms with van der Waals surface area (Å²) in [6, 6.07) is 8.67. The van der Waals surface area contributed by atoms with Gasteiger partial charge in [0, 0.05) is 18.0 Å². The molecule has 1 aromatic carbocycles. The third-order valence-corrected chi connectivity index (χ3v) is 4.67. The van der Waals surface area contributed by atoms with Gasteiger partial charge in [0.2, 0.25) is 0 Å². The Morgan fingerprint density at radius 1 is 1.12 bits per heavy atom. The van der Waals surface area contributed by atoms with Crippen LogP contribution in [0.4, 0.5) is 0 Å². The van der Waals surface area contributed by atoms with E-state index in [1.165, 1.54) is 16.0 Å². The molecule has 6 heteroatoms. The van der Waals surface area contributed by atoms with Crippen LogP contribution in [0, 0.1) is 20.8 Å². The van der Waals surface area contributed by atoms with Crippen molar-refractivity contribution in [2.24, 2.45) is 4.99 Å². The second-order valence-corrected chi connectivity index (χ2v) is 6.89. The molecule has 0 radical (unpaired) electrons. The molecule has 0 aliphatic heterocycles. The second kappa shape index (κ2) is 10.7. The number of aromatic nitrogens is 1. The monoisotopic (exact) mass is 458 g/mol. The fourth-order valence-corrected chi connectivity index (χ4v) is 3.03. The van der Waals surface area contributed by atoms with E-state index < -0.39 is 0 Å². The number of nitrogens with zero attached hydrogens (tertiary/aromatic N) is 2. The SMILES string of the molecule is CCNC(=NCc1nc(C)c(C)s1)NCCc1ccc(C)cc1.I. The van der Waals surface area contributed by atoms with Crippen molar-refractivity contribution < 1.29 is 0 Å². The first-order valence-corrected chi connectivity index (χ1v) is 8.90. The normalized spacial score (nSPS) is 11.1. The Bertz CT molecular complexity index is 630. The van der Waals surface area contributed by atoms with Crippen molar-refractivity contribution >= 4 is 41.3 Å². The molecule has 4 nitrogen and oxygen atoms in total. The molecule has 0 spiro atoms. The number of halogens is 1. The highest BCUT2D eigenvalue weighted by Crippen LogP contribution is 2.16. The first kappa shape index (κ1) is 20.9. The maximum Gasteiger partial charge on any atom is 0.191 e. The number of aliphatic imine (C=N–C) groups is 1. The Labute approximate surface area is 166 Å². The molecule has 2 rings (SSSR count). The van der Waals surface area contributed by atoms with Crippen LogP contribution in [-0.4, -0.2) is 24.0 Å². The molecule has 0 atom stereocenters. The number of thiazole rings is 1. The van der Waals surface area contributed by atoms with Gasteiger partial charge in [-0.1, -0.05) is 29.8 Å². The molecular weight excluding hydrogens is 431 g/mol. The van der Waals surface area contributed by atoms with Gasteiger partial charge in [-0.2, -0.15) is 0 Å². The summed E-state index contributed by atoms with van der Waals surface area (Å²) in [4.78, 5) is 10.4. The van der Waals surface area contributed by atoms with E-state index >= 15 is 0 Å². The van der Waals surface area contributed by atoms with Crippen LogP contribution >= 0.6 is 35.3 Å². The Morgan fingerprint density at radius 2 is 1.83 bits per heavy atom. The molecule has 1 aromatic heterocycles. The van der Waals surface area contributed by atoms with Crippen molar-refractivity contribution in [3.8, 4) is 0 Å². The van der Waals surface area contributed by atoms with E-state index in [0.717, 1.165) is 36.2 Å². The summed E-state index contributed by atoms with van der Waals surface area (Å²) in [5, 5.41) is 7.74. The minimum atomic E-state index is 0. The fraction of sp³-hybridized carbons (Fsp3) is 0.444. The molecule has 0 saturated carbocycles. The second-order valence-electron chi connectivity index (χ2n) is 5.61. The van der Waals surface area contributed by atoms with Gasteiger partial charge in [0.25, 0.3) is 0 Å². The molecule has 2 N–H and O–H groups in total. The van der Waals surface area contributed by atoms with Crippen LogP contribution in [-0.2, 0) is 13.0 Å². The number of benzene rings is 1. The zero-order valence-corrected chi connectivity index (χ0v) is 18.0. The van der Waals surface area contributed by atoms with Gasteiger partial charge in [0.05, 0.1) is 12.2 Å². The van der Waals surface area contributed by atoms with Gasteiger partial charge in [-0.25, -0.2) is 9.98 Å². The third-order valence-electron chi connectivity index (χ3n) is 3.62. The predicted octanol–water partition coefficient (Wildman–Crippen LogP) is 3.98. The summed E-state index contributed by atoms with van der Waals surface area (Å²) < 4.78 is 0. The van der Waals surface area contributed by atoms with Gasteiger partial charge in [-0.05, 0) is 39.7 Å². The minimum Gasteiger partial charge on any atom is -0.357 e. The molecule has 0 fully saturated rings.